The van der Waals surface area contributed by atoms with Gasteiger partial charge in [-0.25, -0.2) is 0 Å². The molecule has 1 nitrogen and oxygen atoms in total. The van der Waals surface area contributed by atoms with Crippen molar-refractivity contribution in [1.82, 2.24) is 0 Å². The van der Waals surface area contributed by atoms with Crippen LogP contribution in [0.25, 0.3) is 0 Å². The Morgan fingerprint density at radius 2 is 2.07 bits per heavy atom. The normalized spacial score (nSPS) is 18.6. The van der Waals surface area contributed by atoms with E-state index in [0.29, 0.717) is 6.10 Å². The molecule has 1 heterocycles. The van der Waals surface area contributed by atoms with Crippen molar-refractivity contribution >= 4 is 27.3 Å². The molecule has 0 aliphatic heterocycles. The smallest absolute Gasteiger partial charge is 0.0813 e. The van der Waals surface area contributed by atoms with Crippen LogP contribution in [0, 0.1) is 0 Å². The Kier molecular flexibility index (Phi) is 4.02. The van der Waals surface area contributed by atoms with Crippen LogP contribution >= 0.6 is 27.3 Å². The maximum absolute atomic E-state index is 5.87. The highest BCUT2D eigenvalue weighted by Crippen LogP contribution is 2.25. The molecule has 0 N–H and O–H groups in total. The number of hydrogen-bond acceptors (Lipinski definition) is 2. The fourth-order valence-electron chi connectivity index (χ4n) is 1.86. The standard InChI is InChI=1S/C11H15BrOS/c12-11-7-6-10(14-11)8-13-9-4-2-1-3-5-9/h6-7,9H,1-5,8H2. The van der Waals surface area contributed by atoms with Gasteiger partial charge in [-0.3, -0.25) is 0 Å². The van der Waals surface area contributed by atoms with E-state index in [1.165, 1.54) is 40.8 Å². The fourth-order valence-corrected chi connectivity index (χ4v) is 3.27. The van der Waals surface area contributed by atoms with E-state index >= 15 is 0 Å². The number of hydrogen-bond donors (Lipinski definition) is 0. The highest BCUT2D eigenvalue weighted by molar-refractivity contribution is 9.11. The SMILES string of the molecule is Brc1ccc(COC2CCCCC2)s1. The molecule has 1 aromatic rings. The van der Waals surface area contributed by atoms with Crippen LogP contribution < -0.4 is 0 Å². The van der Waals surface area contributed by atoms with Gasteiger partial charge < -0.3 is 4.74 Å². The Bertz CT molecular complexity index is 279. The number of rotatable bonds is 3. The van der Waals surface area contributed by atoms with E-state index in [1.807, 2.05) is 0 Å². The van der Waals surface area contributed by atoms with Gasteiger partial charge in [0.2, 0.25) is 0 Å². The molecule has 0 spiro atoms. The van der Waals surface area contributed by atoms with E-state index in [-0.39, 0.29) is 0 Å². The summed E-state index contributed by atoms with van der Waals surface area (Å²) in [6, 6.07) is 4.22. The van der Waals surface area contributed by atoms with Gasteiger partial charge in [0, 0.05) is 4.88 Å². The van der Waals surface area contributed by atoms with Crippen molar-refractivity contribution in [1.29, 1.82) is 0 Å². The Morgan fingerprint density at radius 3 is 2.71 bits per heavy atom. The summed E-state index contributed by atoms with van der Waals surface area (Å²) in [5.41, 5.74) is 0. The van der Waals surface area contributed by atoms with Crippen molar-refractivity contribution in [2.45, 2.75) is 44.8 Å². The molecule has 1 saturated carbocycles. The third kappa shape index (κ3) is 3.07. The van der Waals surface area contributed by atoms with Gasteiger partial charge in [-0.1, -0.05) is 19.3 Å². The summed E-state index contributed by atoms with van der Waals surface area (Å²) in [5, 5.41) is 0. The number of thiophene rings is 1. The molecule has 14 heavy (non-hydrogen) atoms. The molecule has 0 amide bonds. The molecule has 0 saturated heterocycles. The van der Waals surface area contributed by atoms with Gasteiger partial charge in [-0.2, -0.15) is 0 Å². The van der Waals surface area contributed by atoms with E-state index in [0.717, 1.165) is 6.61 Å². The van der Waals surface area contributed by atoms with Gasteiger partial charge in [-0.05, 0) is 40.9 Å². The topological polar surface area (TPSA) is 9.23 Å². The zero-order valence-electron chi connectivity index (χ0n) is 8.17. The molecule has 0 aromatic carbocycles. The first-order chi connectivity index (χ1) is 6.84. The van der Waals surface area contributed by atoms with Crippen LogP contribution in [-0.2, 0) is 11.3 Å². The van der Waals surface area contributed by atoms with Crippen molar-refractivity contribution in [3.05, 3.63) is 20.8 Å². The lowest BCUT2D eigenvalue weighted by atomic mass is 9.98. The second-order valence-electron chi connectivity index (χ2n) is 3.78. The van der Waals surface area contributed by atoms with E-state index in [2.05, 4.69) is 28.1 Å². The van der Waals surface area contributed by atoms with Crippen LogP contribution in [0.1, 0.15) is 37.0 Å². The highest BCUT2D eigenvalue weighted by atomic mass is 79.9. The lowest BCUT2D eigenvalue weighted by Crippen LogP contribution is -2.15. The van der Waals surface area contributed by atoms with E-state index < -0.39 is 0 Å². The van der Waals surface area contributed by atoms with Crippen LogP contribution in [0.3, 0.4) is 0 Å². The second-order valence-corrected chi connectivity index (χ2v) is 6.32. The Labute approximate surface area is 97.6 Å². The van der Waals surface area contributed by atoms with Crippen molar-refractivity contribution in [2.75, 3.05) is 0 Å². The van der Waals surface area contributed by atoms with E-state index in [4.69, 9.17) is 4.74 Å². The minimum Gasteiger partial charge on any atom is -0.373 e. The lowest BCUT2D eigenvalue weighted by Gasteiger charge is -2.21. The summed E-state index contributed by atoms with van der Waals surface area (Å²) in [5.74, 6) is 0. The molecule has 1 fully saturated rings. The van der Waals surface area contributed by atoms with E-state index in [9.17, 15) is 0 Å². The Hall–Kier alpha value is 0.140. The van der Waals surface area contributed by atoms with Gasteiger partial charge in [0.25, 0.3) is 0 Å². The van der Waals surface area contributed by atoms with Gasteiger partial charge >= 0.3 is 0 Å². The van der Waals surface area contributed by atoms with Crippen LogP contribution in [0.2, 0.25) is 0 Å². The Balaban J connectivity index is 1.76. The molecule has 1 aliphatic rings. The summed E-state index contributed by atoms with van der Waals surface area (Å²) in [6.07, 6.45) is 7.12. The summed E-state index contributed by atoms with van der Waals surface area (Å²) in [7, 11) is 0. The van der Waals surface area contributed by atoms with Gasteiger partial charge in [0.15, 0.2) is 0 Å². The van der Waals surface area contributed by atoms with Gasteiger partial charge in [-0.15, -0.1) is 11.3 Å². The second kappa shape index (κ2) is 5.29. The summed E-state index contributed by atoms with van der Waals surface area (Å²) in [4.78, 5) is 1.32. The maximum Gasteiger partial charge on any atom is 0.0813 e. The molecular weight excluding hydrogens is 260 g/mol. The Morgan fingerprint density at radius 1 is 1.29 bits per heavy atom. The minimum absolute atomic E-state index is 0.518. The molecule has 1 aliphatic carbocycles. The van der Waals surface area contributed by atoms with Crippen LogP contribution in [0.5, 0.6) is 0 Å². The van der Waals surface area contributed by atoms with Gasteiger partial charge in [0.1, 0.15) is 0 Å². The van der Waals surface area contributed by atoms with Crippen LogP contribution in [0.15, 0.2) is 15.9 Å². The highest BCUT2D eigenvalue weighted by Gasteiger charge is 2.13. The third-order valence-electron chi connectivity index (χ3n) is 2.64. The maximum atomic E-state index is 5.87. The first-order valence-corrected chi connectivity index (χ1v) is 6.81. The molecule has 0 unspecified atom stereocenters. The molecule has 1 aromatic heterocycles. The predicted molar refractivity (Wildman–Crippen MR) is 63.7 cm³/mol. The quantitative estimate of drug-likeness (QED) is 0.796. The number of ether oxygens (including phenoxy) is 1. The van der Waals surface area contributed by atoms with Crippen LogP contribution in [0.4, 0.5) is 0 Å². The van der Waals surface area contributed by atoms with Crippen molar-refractivity contribution < 1.29 is 4.74 Å². The molecule has 78 valence electrons. The lowest BCUT2D eigenvalue weighted by molar-refractivity contribution is 0.0182. The molecule has 0 radical (unpaired) electrons. The molecular formula is C11H15BrOS. The van der Waals surface area contributed by atoms with Crippen molar-refractivity contribution in [3.8, 4) is 0 Å². The third-order valence-corrected chi connectivity index (χ3v) is 4.24. The molecule has 2 rings (SSSR count). The fraction of sp³-hybridized carbons (Fsp3) is 0.636. The van der Waals surface area contributed by atoms with E-state index in [1.54, 1.807) is 11.3 Å². The average molecular weight is 275 g/mol. The summed E-state index contributed by atoms with van der Waals surface area (Å²) >= 11 is 5.23. The van der Waals surface area contributed by atoms with Gasteiger partial charge in [0.05, 0.1) is 16.5 Å². The van der Waals surface area contributed by atoms with Crippen molar-refractivity contribution in [3.63, 3.8) is 0 Å². The molecule has 0 bridgehead atoms. The number of halogens is 1. The first kappa shape index (κ1) is 10.7. The zero-order chi connectivity index (χ0) is 9.80. The first-order valence-electron chi connectivity index (χ1n) is 5.20. The summed E-state index contributed by atoms with van der Waals surface area (Å²) < 4.78 is 7.07. The monoisotopic (exact) mass is 274 g/mol. The summed E-state index contributed by atoms with van der Waals surface area (Å²) in [6.45, 7) is 0.793. The van der Waals surface area contributed by atoms with Crippen LogP contribution in [-0.4, -0.2) is 6.10 Å². The molecule has 3 heteroatoms. The minimum atomic E-state index is 0.518. The zero-order valence-corrected chi connectivity index (χ0v) is 10.6. The van der Waals surface area contributed by atoms with Crippen molar-refractivity contribution in [2.24, 2.45) is 0 Å². The largest absolute Gasteiger partial charge is 0.373 e. The average Bonchev–Trinajstić information content (AvgIpc) is 2.63. The predicted octanol–water partition coefficient (Wildman–Crippen LogP) is 4.36. The molecule has 0 atom stereocenters.